The minimum atomic E-state index is -3.23. The Morgan fingerprint density at radius 3 is 3.33 bits per heavy atom. The Hall–Kier alpha value is -1.06. The average Bonchev–Trinajstić information content (AvgIpc) is 1.97. The van der Waals surface area contributed by atoms with Crippen LogP contribution in [-0.2, 0) is 9.59 Å². The molecule has 1 rings (SSSR count). The number of nitrogens with one attached hydrogen (secondary N) is 1. The van der Waals surface area contributed by atoms with Crippen molar-refractivity contribution in [2.45, 2.75) is 0 Å². The van der Waals surface area contributed by atoms with E-state index in [1.807, 2.05) is 0 Å². The van der Waals surface area contributed by atoms with Crippen LogP contribution in [0.2, 0.25) is 0 Å². The second-order valence-electron chi connectivity index (χ2n) is 1.33. The molecule has 1 saturated heterocycles. The van der Waals surface area contributed by atoms with Gasteiger partial charge in [-0.2, -0.15) is 0 Å². The summed E-state index contributed by atoms with van der Waals surface area (Å²) in [4.78, 5) is 22.2. The number of rotatable bonds is 0. The van der Waals surface area contributed by atoms with Crippen LogP contribution in [-0.4, -0.2) is 36.7 Å². The van der Waals surface area contributed by atoms with Crippen molar-refractivity contribution in [3.05, 3.63) is 0 Å². The summed E-state index contributed by atoms with van der Waals surface area (Å²) < 4.78 is 49.3. The van der Waals surface area contributed by atoms with Crippen LogP contribution in [0.5, 0.6) is 0 Å². The van der Waals surface area contributed by atoms with E-state index < -0.39 is 31.8 Å². The summed E-state index contributed by atoms with van der Waals surface area (Å²) in [5, 5.41) is 1.48. The van der Waals surface area contributed by atoms with Crippen molar-refractivity contribution in [3.63, 3.8) is 0 Å². The summed E-state index contributed by atoms with van der Waals surface area (Å²) in [6.45, 7) is -9.25. The lowest BCUT2D eigenvalue weighted by Crippen LogP contribution is -2.49. The van der Waals surface area contributed by atoms with Crippen molar-refractivity contribution in [2.24, 2.45) is 0 Å². The number of carbonyl (C=O) groups is 2. The van der Waals surface area contributed by atoms with Gasteiger partial charge in [0.2, 0.25) is 11.8 Å². The lowest BCUT2D eigenvalue weighted by atomic mass is 10.4. The standard InChI is InChI=1S/C5H8N2O2/c1-7-3-4(8)6-2-5(7)9/h2-3H2,1H3,(H,6,8)/i1D3,2D2,3D2. The molecule has 0 aromatic heterocycles. The predicted octanol–water partition coefficient (Wildman–Crippen LogP) is -1.43. The van der Waals surface area contributed by atoms with E-state index in [0.29, 0.717) is 0 Å². The molecule has 9 heavy (non-hydrogen) atoms. The highest BCUT2D eigenvalue weighted by molar-refractivity contribution is 5.92. The molecule has 0 saturated carbocycles. The molecular weight excluding hydrogens is 120 g/mol. The number of likely N-dealkylation sites (N-methyl/N-ethyl adjacent to an activating group) is 1. The Kier molecular flexibility index (Phi) is 0.389. The van der Waals surface area contributed by atoms with Crippen LogP contribution in [0, 0.1) is 0 Å². The highest BCUT2D eigenvalue weighted by Crippen LogP contribution is 1.88. The number of carbonyl (C=O) groups excluding carboxylic acids is 2. The number of hydrogen-bond donors (Lipinski definition) is 1. The fourth-order valence-corrected chi connectivity index (χ4v) is 0.346. The number of nitrogens with zero attached hydrogens (tertiary/aromatic N) is 1. The maximum absolute atomic E-state index is 11.4. The molecule has 2 amide bonds. The van der Waals surface area contributed by atoms with Gasteiger partial charge < -0.3 is 10.2 Å². The largest absolute Gasteiger partial charge is 0.345 e. The highest BCUT2D eigenvalue weighted by atomic mass is 16.2. The molecule has 1 aliphatic heterocycles. The third-order valence-electron chi connectivity index (χ3n) is 0.699. The van der Waals surface area contributed by atoms with Gasteiger partial charge >= 0.3 is 0 Å². The van der Waals surface area contributed by atoms with Crippen molar-refractivity contribution in [3.8, 4) is 0 Å². The molecule has 0 spiro atoms. The molecule has 4 heteroatoms. The third kappa shape index (κ3) is 1.19. The maximum Gasteiger partial charge on any atom is 0.242 e. The number of amides is 2. The van der Waals surface area contributed by atoms with Crippen LogP contribution >= 0.6 is 0 Å². The Balaban J connectivity index is 3.29. The maximum atomic E-state index is 11.4. The van der Waals surface area contributed by atoms with E-state index in [2.05, 4.69) is 0 Å². The molecule has 1 fully saturated rings. The van der Waals surface area contributed by atoms with Gasteiger partial charge in [0.15, 0.2) is 0 Å². The number of piperazine rings is 1. The van der Waals surface area contributed by atoms with Crippen LogP contribution in [0.25, 0.3) is 0 Å². The van der Waals surface area contributed by atoms with Gasteiger partial charge in [-0.05, 0) is 0 Å². The van der Waals surface area contributed by atoms with Crippen molar-refractivity contribution in [2.75, 3.05) is 20.0 Å². The summed E-state index contributed by atoms with van der Waals surface area (Å²) in [5.74, 6) is -3.15. The van der Waals surface area contributed by atoms with Gasteiger partial charge in [-0.1, -0.05) is 0 Å². The smallest absolute Gasteiger partial charge is 0.242 e. The minimum Gasteiger partial charge on any atom is -0.345 e. The van der Waals surface area contributed by atoms with Gasteiger partial charge in [0.05, 0.1) is 18.5 Å². The molecular formula is C5H8N2O2. The zero-order chi connectivity index (χ0) is 12.9. The summed E-state index contributed by atoms with van der Waals surface area (Å²) in [6, 6.07) is 0. The van der Waals surface area contributed by atoms with E-state index >= 15 is 0 Å². The van der Waals surface area contributed by atoms with Gasteiger partial charge in [0, 0.05) is 11.1 Å². The molecule has 0 radical (unpaired) electrons. The van der Waals surface area contributed by atoms with Crippen LogP contribution in [0.3, 0.4) is 0 Å². The second-order valence-corrected chi connectivity index (χ2v) is 1.33. The first kappa shape index (κ1) is 1.71. The van der Waals surface area contributed by atoms with E-state index in [-0.39, 0.29) is 4.90 Å². The Morgan fingerprint density at radius 2 is 2.67 bits per heavy atom. The monoisotopic (exact) mass is 135 g/mol. The van der Waals surface area contributed by atoms with Gasteiger partial charge in [-0.25, -0.2) is 0 Å². The first-order chi connectivity index (χ1) is 6.90. The zero-order valence-electron chi connectivity index (χ0n) is 11.3. The first-order valence-electron chi connectivity index (χ1n) is 5.58. The predicted molar refractivity (Wildman–Crippen MR) is 30.6 cm³/mol. The first-order valence-corrected chi connectivity index (χ1v) is 2.08. The van der Waals surface area contributed by atoms with E-state index in [1.165, 1.54) is 5.32 Å². The highest BCUT2D eigenvalue weighted by Gasteiger charge is 2.18. The quantitative estimate of drug-likeness (QED) is 0.443. The molecule has 4 nitrogen and oxygen atoms in total. The normalized spacial score (nSPS) is 44.0. The van der Waals surface area contributed by atoms with Crippen LogP contribution in [0.1, 0.15) is 9.60 Å². The number of hydrogen-bond acceptors (Lipinski definition) is 2. The SMILES string of the molecule is [2H]C1([2H])NC(=O)C([2H])([2H])N(C([2H])([2H])[2H])C1=O. The Bertz CT molecular complexity index is 349. The Morgan fingerprint density at radius 1 is 1.89 bits per heavy atom. The van der Waals surface area contributed by atoms with Gasteiger partial charge in [0.25, 0.3) is 0 Å². The molecule has 1 N–H and O–H groups in total. The molecule has 0 aromatic rings. The van der Waals surface area contributed by atoms with E-state index in [1.54, 1.807) is 0 Å². The fraction of sp³-hybridized carbons (Fsp3) is 0.600. The van der Waals surface area contributed by atoms with E-state index in [9.17, 15) is 9.59 Å². The van der Waals surface area contributed by atoms with Crippen molar-refractivity contribution >= 4 is 11.8 Å². The van der Waals surface area contributed by atoms with Crippen LogP contribution in [0.15, 0.2) is 0 Å². The molecule has 0 aromatic carbocycles. The van der Waals surface area contributed by atoms with E-state index in [0.717, 1.165) is 0 Å². The summed E-state index contributed by atoms with van der Waals surface area (Å²) in [6.07, 6.45) is 0. The van der Waals surface area contributed by atoms with Gasteiger partial charge in [0.1, 0.15) is 0 Å². The summed E-state index contributed by atoms with van der Waals surface area (Å²) in [5.41, 5.74) is 0. The molecule has 0 atom stereocenters. The lowest BCUT2D eigenvalue weighted by molar-refractivity contribution is -0.139. The van der Waals surface area contributed by atoms with Crippen LogP contribution < -0.4 is 5.32 Å². The second kappa shape index (κ2) is 2.05. The lowest BCUT2D eigenvalue weighted by Gasteiger charge is -2.21. The van der Waals surface area contributed by atoms with E-state index in [4.69, 9.17) is 9.60 Å². The molecule has 1 heterocycles. The van der Waals surface area contributed by atoms with Crippen molar-refractivity contribution in [1.82, 2.24) is 10.2 Å². The van der Waals surface area contributed by atoms with Crippen molar-refractivity contribution in [1.29, 1.82) is 0 Å². The average molecular weight is 135 g/mol. The summed E-state index contributed by atoms with van der Waals surface area (Å²) >= 11 is 0. The minimum absolute atomic E-state index is 0.362. The molecule has 0 bridgehead atoms. The molecule has 0 aliphatic carbocycles. The van der Waals surface area contributed by atoms with Crippen LogP contribution in [0.4, 0.5) is 0 Å². The zero-order valence-corrected chi connectivity index (χ0v) is 4.26. The molecule has 1 aliphatic rings. The Labute approximate surface area is 62.7 Å². The molecule has 0 unspecified atom stereocenters. The van der Waals surface area contributed by atoms with Gasteiger partial charge in [-0.15, -0.1) is 0 Å². The fourth-order valence-electron chi connectivity index (χ4n) is 0.346. The van der Waals surface area contributed by atoms with Crippen molar-refractivity contribution < 1.29 is 19.2 Å². The third-order valence-corrected chi connectivity index (χ3v) is 0.699. The topological polar surface area (TPSA) is 49.4 Å². The summed E-state index contributed by atoms with van der Waals surface area (Å²) in [7, 11) is 0. The molecule has 50 valence electrons. The van der Waals surface area contributed by atoms with Gasteiger partial charge in [-0.3, -0.25) is 9.59 Å².